The summed E-state index contributed by atoms with van der Waals surface area (Å²) in [6.45, 7) is 18.1. The van der Waals surface area contributed by atoms with Crippen LogP contribution in [-0.4, -0.2) is 0 Å². The minimum atomic E-state index is 0.104. The second-order valence-corrected chi connectivity index (χ2v) is 7.14. The van der Waals surface area contributed by atoms with E-state index >= 15 is 0 Å². The molecule has 0 aliphatic carbocycles. The maximum absolute atomic E-state index is 9.45. The molecule has 0 amide bonds. The van der Waals surface area contributed by atoms with Gasteiger partial charge in [-0.05, 0) is 29.1 Å². The zero-order valence-corrected chi connectivity index (χ0v) is 13.1. The molecule has 0 aromatic heterocycles. The fourth-order valence-electron chi connectivity index (χ4n) is 1.95. The van der Waals surface area contributed by atoms with Gasteiger partial charge < -0.3 is 0 Å². The molecular weight excluding hydrogens is 206 g/mol. The van der Waals surface area contributed by atoms with Crippen molar-refractivity contribution in [2.45, 2.75) is 68.2 Å². The first-order valence-corrected chi connectivity index (χ1v) is 6.99. The molecule has 1 nitrogen and oxygen atoms in total. The van der Waals surface area contributed by atoms with Gasteiger partial charge in [0.05, 0.1) is 12.0 Å². The Morgan fingerprint density at radius 2 is 1.53 bits per heavy atom. The number of nitrogens with zero attached hydrogens (tertiary/aromatic N) is 1. The normalized spacial score (nSPS) is 16.7. The minimum Gasteiger partial charge on any atom is -0.198 e. The molecule has 0 N–H and O–H groups in total. The summed E-state index contributed by atoms with van der Waals surface area (Å²) in [6, 6.07) is 2.55. The van der Waals surface area contributed by atoms with Crippen LogP contribution < -0.4 is 0 Å². The molecule has 0 saturated carbocycles. The lowest BCUT2D eigenvalue weighted by Crippen LogP contribution is -2.33. The van der Waals surface area contributed by atoms with Gasteiger partial charge in [-0.25, -0.2) is 0 Å². The van der Waals surface area contributed by atoms with Gasteiger partial charge in [-0.15, -0.1) is 0 Å². The fourth-order valence-corrected chi connectivity index (χ4v) is 1.95. The molecule has 0 saturated heterocycles. The lowest BCUT2D eigenvalue weighted by Gasteiger charge is -2.39. The first kappa shape index (κ1) is 16.5. The molecule has 0 radical (unpaired) electrons. The van der Waals surface area contributed by atoms with Crippen LogP contribution in [0.15, 0.2) is 0 Å². The predicted octanol–water partition coefficient (Wildman–Crippen LogP) is 5.27. The van der Waals surface area contributed by atoms with Gasteiger partial charge in [0.15, 0.2) is 0 Å². The van der Waals surface area contributed by atoms with Gasteiger partial charge in [-0.3, -0.25) is 0 Å². The van der Waals surface area contributed by atoms with Crippen LogP contribution in [-0.2, 0) is 0 Å². The number of hydrogen-bond donors (Lipinski definition) is 0. The van der Waals surface area contributed by atoms with Gasteiger partial charge in [-0.1, -0.05) is 61.8 Å². The van der Waals surface area contributed by atoms with Crippen LogP contribution in [0.3, 0.4) is 0 Å². The number of nitriles is 1. The van der Waals surface area contributed by atoms with Gasteiger partial charge >= 0.3 is 0 Å². The minimum absolute atomic E-state index is 0.104. The molecule has 0 aliphatic heterocycles. The summed E-state index contributed by atoms with van der Waals surface area (Å²) in [5, 5.41) is 9.45. The Morgan fingerprint density at radius 3 is 1.82 bits per heavy atom. The van der Waals surface area contributed by atoms with Crippen molar-refractivity contribution >= 4 is 0 Å². The molecule has 2 unspecified atom stereocenters. The maximum Gasteiger partial charge on any atom is 0.0661 e. The highest BCUT2D eigenvalue weighted by Gasteiger charge is 2.36. The standard InChI is InChI=1S/C16H31N/c1-9-15(5,6)13(4)10-14(11-17)16(7,8)12(2)3/h12-14H,9-10H2,1-8H3. The van der Waals surface area contributed by atoms with Crippen LogP contribution in [0.1, 0.15) is 68.2 Å². The van der Waals surface area contributed by atoms with E-state index < -0.39 is 0 Å². The first-order chi connectivity index (χ1) is 7.59. The van der Waals surface area contributed by atoms with E-state index in [1.165, 1.54) is 6.42 Å². The Balaban J connectivity index is 4.81. The molecule has 0 aromatic carbocycles. The van der Waals surface area contributed by atoms with Crippen LogP contribution in [0.4, 0.5) is 0 Å². The van der Waals surface area contributed by atoms with E-state index in [1.807, 2.05) is 0 Å². The molecule has 100 valence electrons. The highest BCUT2D eigenvalue weighted by atomic mass is 14.4. The third-order valence-electron chi connectivity index (χ3n) is 5.38. The lowest BCUT2D eigenvalue weighted by atomic mass is 9.65. The van der Waals surface area contributed by atoms with Gasteiger partial charge in [0.2, 0.25) is 0 Å². The SMILES string of the molecule is CCC(C)(C)C(C)CC(C#N)C(C)(C)C(C)C. The van der Waals surface area contributed by atoms with Crippen molar-refractivity contribution in [3.8, 4) is 6.07 Å². The van der Waals surface area contributed by atoms with Crippen LogP contribution in [0.25, 0.3) is 0 Å². The molecule has 0 aromatic rings. The average molecular weight is 237 g/mol. The Morgan fingerprint density at radius 1 is 1.06 bits per heavy atom. The lowest BCUT2D eigenvalue weighted by molar-refractivity contribution is 0.115. The van der Waals surface area contributed by atoms with Crippen LogP contribution in [0.5, 0.6) is 0 Å². The second kappa shape index (κ2) is 5.89. The van der Waals surface area contributed by atoms with Crippen molar-refractivity contribution < 1.29 is 0 Å². The molecular formula is C16H31N. The quantitative estimate of drug-likeness (QED) is 0.617. The van der Waals surface area contributed by atoms with Crippen LogP contribution in [0.2, 0.25) is 0 Å². The average Bonchev–Trinajstić information content (AvgIpc) is 2.24. The Hall–Kier alpha value is -0.510. The van der Waals surface area contributed by atoms with E-state index in [0.717, 1.165) is 6.42 Å². The van der Waals surface area contributed by atoms with Crippen molar-refractivity contribution in [1.29, 1.82) is 5.26 Å². The molecule has 0 heterocycles. The van der Waals surface area contributed by atoms with E-state index in [4.69, 9.17) is 0 Å². The van der Waals surface area contributed by atoms with E-state index in [9.17, 15) is 5.26 Å². The Labute approximate surface area is 109 Å². The Bertz CT molecular complexity index is 268. The summed E-state index contributed by atoms with van der Waals surface area (Å²) < 4.78 is 0. The summed E-state index contributed by atoms with van der Waals surface area (Å²) in [5.74, 6) is 1.29. The monoisotopic (exact) mass is 237 g/mol. The highest BCUT2D eigenvalue weighted by Crippen LogP contribution is 2.42. The van der Waals surface area contributed by atoms with Gasteiger partial charge in [-0.2, -0.15) is 5.26 Å². The Kier molecular flexibility index (Phi) is 5.72. The second-order valence-electron chi connectivity index (χ2n) is 7.14. The topological polar surface area (TPSA) is 23.8 Å². The van der Waals surface area contributed by atoms with E-state index in [2.05, 4.69) is 61.5 Å². The summed E-state index contributed by atoms with van der Waals surface area (Å²) in [6.07, 6.45) is 2.19. The van der Waals surface area contributed by atoms with Crippen LogP contribution in [0, 0.1) is 39.9 Å². The predicted molar refractivity (Wildman–Crippen MR) is 75.6 cm³/mol. The van der Waals surface area contributed by atoms with Crippen molar-refractivity contribution in [3.05, 3.63) is 0 Å². The first-order valence-electron chi connectivity index (χ1n) is 6.99. The van der Waals surface area contributed by atoms with E-state index in [1.54, 1.807) is 0 Å². The van der Waals surface area contributed by atoms with Gasteiger partial charge in [0, 0.05) is 0 Å². The van der Waals surface area contributed by atoms with Gasteiger partial charge in [0.1, 0.15) is 0 Å². The van der Waals surface area contributed by atoms with E-state index in [0.29, 0.717) is 17.3 Å². The van der Waals surface area contributed by atoms with Gasteiger partial charge in [0.25, 0.3) is 0 Å². The third kappa shape index (κ3) is 4.02. The molecule has 0 aliphatic rings. The number of hydrogen-bond acceptors (Lipinski definition) is 1. The molecule has 1 heteroatoms. The molecule has 0 rings (SSSR count). The van der Waals surface area contributed by atoms with E-state index in [-0.39, 0.29) is 11.3 Å². The molecule has 0 spiro atoms. The maximum atomic E-state index is 9.45. The zero-order valence-electron chi connectivity index (χ0n) is 13.1. The van der Waals surface area contributed by atoms with Crippen LogP contribution >= 0.6 is 0 Å². The summed E-state index contributed by atoms with van der Waals surface area (Å²) in [4.78, 5) is 0. The molecule has 0 bridgehead atoms. The van der Waals surface area contributed by atoms with Crippen molar-refractivity contribution in [3.63, 3.8) is 0 Å². The van der Waals surface area contributed by atoms with Crippen molar-refractivity contribution in [2.24, 2.45) is 28.6 Å². The summed E-state index contributed by atoms with van der Waals surface area (Å²) in [5.41, 5.74) is 0.439. The fraction of sp³-hybridized carbons (Fsp3) is 0.938. The summed E-state index contributed by atoms with van der Waals surface area (Å²) >= 11 is 0. The molecule has 2 atom stereocenters. The summed E-state index contributed by atoms with van der Waals surface area (Å²) in [7, 11) is 0. The molecule has 0 fully saturated rings. The zero-order chi connectivity index (χ0) is 13.9. The third-order valence-corrected chi connectivity index (χ3v) is 5.38. The largest absolute Gasteiger partial charge is 0.198 e. The highest BCUT2D eigenvalue weighted by molar-refractivity contribution is 4.96. The molecule has 17 heavy (non-hydrogen) atoms. The van der Waals surface area contributed by atoms with Crippen molar-refractivity contribution in [2.75, 3.05) is 0 Å². The smallest absolute Gasteiger partial charge is 0.0661 e. The van der Waals surface area contributed by atoms with Crippen molar-refractivity contribution in [1.82, 2.24) is 0 Å². The number of rotatable bonds is 6.